The van der Waals surface area contributed by atoms with Crippen molar-refractivity contribution in [2.45, 2.75) is 12.7 Å². The van der Waals surface area contributed by atoms with E-state index in [1.165, 1.54) is 0 Å². The summed E-state index contributed by atoms with van der Waals surface area (Å²) >= 11 is 0. The molecule has 0 aromatic heterocycles. The van der Waals surface area contributed by atoms with Crippen LogP contribution in [-0.4, -0.2) is 44.4 Å². The first-order chi connectivity index (χ1) is 5.43. The SMILES string of the molecule is OCCOC1CCOCCO1. The van der Waals surface area contributed by atoms with Gasteiger partial charge < -0.3 is 19.3 Å². The summed E-state index contributed by atoms with van der Waals surface area (Å²) in [6.45, 7) is 2.27. The van der Waals surface area contributed by atoms with Crippen LogP contribution in [0.3, 0.4) is 0 Å². The molecule has 1 heterocycles. The van der Waals surface area contributed by atoms with Gasteiger partial charge in [-0.3, -0.25) is 0 Å². The molecule has 1 fully saturated rings. The number of hydrogen-bond acceptors (Lipinski definition) is 4. The standard InChI is InChI=1S/C7H14O4/c8-2-4-10-7-1-3-9-5-6-11-7/h7-8H,1-6H2. The van der Waals surface area contributed by atoms with Crippen molar-refractivity contribution in [3.05, 3.63) is 0 Å². The predicted molar refractivity (Wildman–Crippen MR) is 38.2 cm³/mol. The van der Waals surface area contributed by atoms with Crippen LogP contribution in [0.25, 0.3) is 0 Å². The minimum Gasteiger partial charge on any atom is -0.394 e. The Morgan fingerprint density at radius 2 is 2.27 bits per heavy atom. The fourth-order valence-corrected chi connectivity index (χ4v) is 0.919. The van der Waals surface area contributed by atoms with Crippen molar-refractivity contribution in [1.82, 2.24) is 0 Å². The van der Waals surface area contributed by atoms with Gasteiger partial charge in [-0.05, 0) is 0 Å². The van der Waals surface area contributed by atoms with Gasteiger partial charge in [0, 0.05) is 6.42 Å². The predicted octanol–water partition coefficient (Wildman–Crippen LogP) is -0.242. The first kappa shape index (κ1) is 8.93. The highest BCUT2D eigenvalue weighted by atomic mass is 16.7. The molecule has 0 spiro atoms. The molecule has 1 aliphatic rings. The minimum atomic E-state index is -0.190. The van der Waals surface area contributed by atoms with Gasteiger partial charge in [0.2, 0.25) is 0 Å². The molecule has 0 amide bonds. The van der Waals surface area contributed by atoms with Gasteiger partial charge in [-0.25, -0.2) is 0 Å². The Hall–Kier alpha value is -0.160. The third-order valence-corrected chi connectivity index (χ3v) is 1.42. The van der Waals surface area contributed by atoms with E-state index in [4.69, 9.17) is 19.3 Å². The van der Waals surface area contributed by atoms with Gasteiger partial charge in [0.05, 0.1) is 33.0 Å². The van der Waals surface area contributed by atoms with Gasteiger partial charge >= 0.3 is 0 Å². The first-order valence-electron chi connectivity index (χ1n) is 3.85. The van der Waals surface area contributed by atoms with Crippen LogP contribution >= 0.6 is 0 Å². The average molecular weight is 162 g/mol. The second-order valence-electron chi connectivity index (χ2n) is 2.30. The zero-order valence-electron chi connectivity index (χ0n) is 6.49. The Morgan fingerprint density at radius 3 is 3.09 bits per heavy atom. The average Bonchev–Trinajstić information content (AvgIpc) is 2.28. The van der Waals surface area contributed by atoms with E-state index in [0.29, 0.717) is 26.4 Å². The van der Waals surface area contributed by atoms with E-state index in [1.807, 2.05) is 0 Å². The molecule has 0 aromatic rings. The van der Waals surface area contributed by atoms with Crippen LogP contribution in [0, 0.1) is 0 Å². The normalized spacial score (nSPS) is 26.5. The largest absolute Gasteiger partial charge is 0.394 e. The van der Waals surface area contributed by atoms with E-state index in [9.17, 15) is 0 Å². The molecule has 1 saturated heterocycles. The summed E-state index contributed by atoms with van der Waals surface area (Å²) in [5, 5.41) is 8.46. The summed E-state index contributed by atoms with van der Waals surface area (Å²) in [4.78, 5) is 0. The molecule has 1 unspecified atom stereocenters. The molecule has 11 heavy (non-hydrogen) atoms. The molecular formula is C7H14O4. The van der Waals surface area contributed by atoms with E-state index in [1.54, 1.807) is 0 Å². The van der Waals surface area contributed by atoms with Crippen molar-refractivity contribution < 1.29 is 19.3 Å². The Kier molecular flexibility index (Phi) is 4.45. The number of ether oxygens (including phenoxy) is 3. The quantitative estimate of drug-likeness (QED) is 0.622. The molecule has 66 valence electrons. The molecule has 0 radical (unpaired) electrons. The van der Waals surface area contributed by atoms with Gasteiger partial charge in [0.25, 0.3) is 0 Å². The lowest BCUT2D eigenvalue weighted by molar-refractivity contribution is -0.142. The van der Waals surface area contributed by atoms with Crippen LogP contribution in [0.2, 0.25) is 0 Å². The van der Waals surface area contributed by atoms with E-state index in [0.717, 1.165) is 6.42 Å². The molecule has 1 aliphatic heterocycles. The third-order valence-electron chi connectivity index (χ3n) is 1.42. The maximum atomic E-state index is 8.46. The van der Waals surface area contributed by atoms with Crippen LogP contribution in [0.15, 0.2) is 0 Å². The maximum absolute atomic E-state index is 8.46. The summed E-state index contributed by atoms with van der Waals surface area (Å²) in [6, 6.07) is 0. The van der Waals surface area contributed by atoms with Crippen LogP contribution in [-0.2, 0) is 14.2 Å². The van der Waals surface area contributed by atoms with Crippen molar-refractivity contribution in [1.29, 1.82) is 0 Å². The first-order valence-corrected chi connectivity index (χ1v) is 3.85. The number of rotatable bonds is 3. The topological polar surface area (TPSA) is 47.9 Å². The molecule has 4 heteroatoms. The molecular weight excluding hydrogens is 148 g/mol. The number of aliphatic hydroxyl groups excluding tert-OH is 1. The van der Waals surface area contributed by atoms with Crippen molar-refractivity contribution in [3.63, 3.8) is 0 Å². The summed E-state index contributed by atoms with van der Waals surface area (Å²) in [5.41, 5.74) is 0. The van der Waals surface area contributed by atoms with Crippen LogP contribution < -0.4 is 0 Å². The zero-order valence-corrected chi connectivity index (χ0v) is 6.49. The highest BCUT2D eigenvalue weighted by Gasteiger charge is 2.11. The minimum absolute atomic E-state index is 0.0424. The lowest BCUT2D eigenvalue weighted by atomic mass is 10.4. The van der Waals surface area contributed by atoms with E-state index in [-0.39, 0.29) is 12.9 Å². The number of hydrogen-bond donors (Lipinski definition) is 1. The van der Waals surface area contributed by atoms with Crippen molar-refractivity contribution in [2.24, 2.45) is 0 Å². The summed E-state index contributed by atoms with van der Waals surface area (Å²) in [5.74, 6) is 0. The number of aliphatic hydroxyl groups is 1. The third kappa shape index (κ3) is 3.67. The Morgan fingerprint density at radius 1 is 1.36 bits per heavy atom. The second kappa shape index (κ2) is 5.49. The van der Waals surface area contributed by atoms with Crippen molar-refractivity contribution in [3.8, 4) is 0 Å². The fraction of sp³-hybridized carbons (Fsp3) is 1.00. The maximum Gasteiger partial charge on any atom is 0.160 e. The van der Waals surface area contributed by atoms with Gasteiger partial charge in [-0.1, -0.05) is 0 Å². The van der Waals surface area contributed by atoms with Gasteiger partial charge in [0.1, 0.15) is 0 Å². The van der Waals surface area contributed by atoms with Crippen LogP contribution in [0.1, 0.15) is 6.42 Å². The Bertz CT molecular complexity index is 88.4. The molecule has 4 nitrogen and oxygen atoms in total. The lowest BCUT2D eigenvalue weighted by Crippen LogP contribution is -2.19. The van der Waals surface area contributed by atoms with Gasteiger partial charge in [-0.2, -0.15) is 0 Å². The molecule has 1 N–H and O–H groups in total. The Balaban J connectivity index is 2.09. The summed E-state index contributed by atoms with van der Waals surface area (Å²) in [6.07, 6.45) is 0.560. The molecule has 0 aromatic carbocycles. The van der Waals surface area contributed by atoms with E-state index in [2.05, 4.69) is 0 Å². The Labute approximate surface area is 66.1 Å². The summed E-state index contributed by atoms with van der Waals surface area (Å²) in [7, 11) is 0. The molecule has 1 atom stereocenters. The van der Waals surface area contributed by atoms with Crippen LogP contribution in [0.5, 0.6) is 0 Å². The highest BCUT2D eigenvalue weighted by Crippen LogP contribution is 2.04. The lowest BCUT2D eigenvalue weighted by Gasteiger charge is -2.13. The van der Waals surface area contributed by atoms with E-state index >= 15 is 0 Å². The molecule has 0 aliphatic carbocycles. The van der Waals surface area contributed by atoms with Gasteiger partial charge in [0.15, 0.2) is 6.29 Å². The van der Waals surface area contributed by atoms with Crippen molar-refractivity contribution >= 4 is 0 Å². The monoisotopic (exact) mass is 162 g/mol. The second-order valence-corrected chi connectivity index (χ2v) is 2.30. The van der Waals surface area contributed by atoms with Gasteiger partial charge in [-0.15, -0.1) is 0 Å². The zero-order chi connectivity index (χ0) is 7.94. The molecule has 0 bridgehead atoms. The highest BCUT2D eigenvalue weighted by molar-refractivity contribution is 4.49. The smallest absolute Gasteiger partial charge is 0.160 e. The van der Waals surface area contributed by atoms with E-state index < -0.39 is 0 Å². The fourth-order valence-electron chi connectivity index (χ4n) is 0.919. The molecule has 0 saturated carbocycles. The molecule has 1 rings (SSSR count). The summed E-state index contributed by atoms with van der Waals surface area (Å²) < 4.78 is 15.5. The van der Waals surface area contributed by atoms with Crippen LogP contribution in [0.4, 0.5) is 0 Å². The van der Waals surface area contributed by atoms with Crippen molar-refractivity contribution in [2.75, 3.05) is 33.0 Å².